The molecule has 0 saturated carbocycles. The molecular formula is C22H19NO4. The van der Waals surface area contributed by atoms with Gasteiger partial charge in [-0.3, -0.25) is 4.79 Å². The van der Waals surface area contributed by atoms with E-state index in [0.29, 0.717) is 11.4 Å². The first-order valence-electron chi connectivity index (χ1n) is 8.49. The molecule has 0 aliphatic carbocycles. The van der Waals surface area contributed by atoms with Gasteiger partial charge in [-0.15, -0.1) is 0 Å². The van der Waals surface area contributed by atoms with Crippen LogP contribution in [0.5, 0.6) is 5.75 Å². The lowest BCUT2D eigenvalue weighted by molar-refractivity contribution is -0.122. The summed E-state index contributed by atoms with van der Waals surface area (Å²) in [4.78, 5) is 23.3. The molecule has 3 aromatic rings. The van der Waals surface area contributed by atoms with Crippen LogP contribution in [0.25, 0.3) is 11.1 Å². The van der Waals surface area contributed by atoms with E-state index in [1.807, 2.05) is 54.6 Å². The van der Waals surface area contributed by atoms with Crippen LogP contribution in [0.2, 0.25) is 0 Å². The van der Waals surface area contributed by atoms with Crippen molar-refractivity contribution in [2.45, 2.75) is 13.0 Å². The first-order valence-corrected chi connectivity index (χ1v) is 8.49. The van der Waals surface area contributed by atoms with Crippen LogP contribution in [0, 0.1) is 0 Å². The van der Waals surface area contributed by atoms with Gasteiger partial charge in [-0.1, -0.05) is 48.5 Å². The Balaban J connectivity index is 1.63. The van der Waals surface area contributed by atoms with Crippen molar-refractivity contribution in [3.8, 4) is 16.9 Å². The number of aromatic carboxylic acids is 1. The van der Waals surface area contributed by atoms with Crippen LogP contribution in [0.15, 0.2) is 78.9 Å². The van der Waals surface area contributed by atoms with E-state index in [9.17, 15) is 9.59 Å². The number of ether oxygens (including phenoxy) is 1. The molecule has 136 valence electrons. The number of nitrogens with one attached hydrogen (secondary N) is 1. The maximum atomic E-state index is 12.3. The van der Waals surface area contributed by atoms with Gasteiger partial charge in [0.25, 0.3) is 5.91 Å². The van der Waals surface area contributed by atoms with Crippen molar-refractivity contribution in [3.63, 3.8) is 0 Å². The molecule has 27 heavy (non-hydrogen) atoms. The van der Waals surface area contributed by atoms with Crippen LogP contribution in [-0.2, 0) is 4.79 Å². The van der Waals surface area contributed by atoms with Crippen molar-refractivity contribution in [2.24, 2.45) is 0 Å². The van der Waals surface area contributed by atoms with E-state index >= 15 is 0 Å². The van der Waals surface area contributed by atoms with E-state index in [2.05, 4.69) is 5.32 Å². The summed E-state index contributed by atoms with van der Waals surface area (Å²) in [6.45, 7) is 1.64. The Kier molecular flexibility index (Phi) is 5.52. The van der Waals surface area contributed by atoms with Crippen LogP contribution in [0.3, 0.4) is 0 Å². The Hall–Kier alpha value is -3.60. The second kappa shape index (κ2) is 8.19. The highest BCUT2D eigenvalue weighted by atomic mass is 16.5. The van der Waals surface area contributed by atoms with Crippen LogP contribution in [0.1, 0.15) is 17.3 Å². The largest absolute Gasteiger partial charge is 0.481 e. The highest BCUT2D eigenvalue weighted by molar-refractivity contribution is 5.96. The number of benzene rings is 3. The maximum absolute atomic E-state index is 12.3. The summed E-state index contributed by atoms with van der Waals surface area (Å²) >= 11 is 0. The maximum Gasteiger partial charge on any atom is 0.335 e. The van der Waals surface area contributed by atoms with E-state index in [1.165, 1.54) is 12.1 Å². The fraction of sp³-hybridized carbons (Fsp3) is 0.0909. The molecule has 0 bridgehead atoms. The number of anilines is 1. The zero-order valence-electron chi connectivity index (χ0n) is 14.8. The minimum absolute atomic E-state index is 0.109. The molecule has 2 N–H and O–H groups in total. The molecule has 0 aliphatic rings. The molecule has 0 spiro atoms. The standard InChI is InChI=1S/C22H19NO4/c1-15(21(24)23-19-9-5-8-18(14-19)22(25)26)27-20-12-10-17(11-13-20)16-6-3-2-4-7-16/h2-15H,1H3,(H,23,24)(H,25,26). The van der Waals surface area contributed by atoms with Crippen molar-refractivity contribution in [1.29, 1.82) is 0 Å². The molecule has 0 radical (unpaired) electrons. The molecule has 0 aliphatic heterocycles. The van der Waals surface area contributed by atoms with Crippen molar-refractivity contribution < 1.29 is 19.4 Å². The van der Waals surface area contributed by atoms with Gasteiger partial charge in [0, 0.05) is 5.69 Å². The summed E-state index contributed by atoms with van der Waals surface area (Å²) in [5.41, 5.74) is 2.69. The third-order valence-electron chi connectivity index (χ3n) is 4.02. The second-order valence-corrected chi connectivity index (χ2v) is 6.03. The SMILES string of the molecule is CC(Oc1ccc(-c2ccccc2)cc1)C(=O)Nc1cccc(C(=O)O)c1. The average Bonchev–Trinajstić information content (AvgIpc) is 2.69. The van der Waals surface area contributed by atoms with Gasteiger partial charge in [0.15, 0.2) is 6.10 Å². The summed E-state index contributed by atoms with van der Waals surface area (Å²) in [6, 6.07) is 23.6. The topological polar surface area (TPSA) is 75.6 Å². The number of carbonyl (C=O) groups excluding carboxylic acids is 1. The van der Waals surface area contributed by atoms with E-state index in [-0.39, 0.29) is 11.5 Å². The number of amides is 1. The molecule has 0 saturated heterocycles. The Morgan fingerprint density at radius 1 is 0.889 bits per heavy atom. The molecule has 0 fully saturated rings. The summed E-state index contributed by atoms with van der Waals surface area (Å²) in [6.07, 6.45) is -0.735. The normalized spacial score (nSPS) is 11.4. The molecule has 0 aromatic heterocycles. The first-order chi connectivity index (χ1) is 13.0. The monoisotopic (exact) mass is 361 g/mol. The Bertz CT molecular complexity index is 936. The number of rotatable bonds is 6. The van der Waals surface area contributed by atoms with E-state index in [0.717, 1.165) is 11.1 Å². The number of carboxylic acids is 1. The Morgan fingerprint density at radius 3 is 2.22 bits per heavy atom. The summed E-state index contributed by atoms with van der Waals surface area (Å²) in [5.74, 6) is -0.824. The molecule has 3 aromatic carbocycles. The molecule has 3 rings (SSSR count). The van der Waals surface area contributed by atoms with Crippen molar-refractivity contribution in [1.82, 2.24) is 0 Å². The second-order valence-electron chi connectivity index (χ2n) is 6.03. The van der Waals surface area contributed by atoms with Gasteiger partial charge in [0.1, 0.15) is 5.75 Å². The van der Waals surface area contributed by atoms with E-state index in [4.69, 9.17) is 9.84 Å². The number of carboxylic acid groups (broad SMARTS) is 1. The van der Waals surface area contributed by atoms with Gasteiger partial charge >= 0.3 is 5.97 Å². The average molecular weight is 361 g/mol. The van der Waals surface area contributed by atoms with Crippen molar-refractivity contribution in [3.05, 3.63) is 84.4 Å². The molecule has 1 atom stereocenters. The highest BCUT2D eigenvalue weighted by Crippen LogP contribution is 2.23. The number of hydrogen-bond acceptors (Lipinski definition) is 3. The van der Waals surface area contributed by atoms with Gasteiger partial charge in [0.2, 0.25) is 0 Å². The van der Waals surface area contributed by atoms with Crippen LogP contribution in [-0.4, -0.2) is 23.1 Å². The summed E-state index contributed by atoms with van der Waals surface area (Å²) in [5, 5.41) is 11.7. The lowest BCUT2D eigenvalue weighted by Crippen LogP contribution is -2.30. The minimum Gasteiger partial charge on any atom is -0.481 e. The zero-order chi connectivity index (χ0) is 19.2. The lowest BCUT2D eigenvalue weighted by Gasteiger charge is -2.15. The molecular weight excluding hydrogens is 342 g/mol. The quantitative estimate of drug-likeness (QED) is 0.680. The van der Waals surface area contributed by atoms with Crippen LogP contribution < -0.4 is 10.1 Å². The first kappa shape index (κ1) is 18.2. The van der Waals surface area contributed by atoms with Gasteiger partial charge in [-0.05, 0) is 48.4 Å². The molecule has 1 amide bonds. The third kappa shape index (κ3) is 4.73. The smallest absolute Gasteiger partial charge is 0.335 e. The highest BCUT2D eigenvalue weighted by Gasteiger charge is 2.15. The Morgan fingerprint density at radius 2 is 1.56 bits per heavy atom. The third-order valence-corrected chi connectivity index (χ3v) is 4.02. The van der Waals surface area contributed by atoms with E-state index in [1.54, 1.807) is 19.1 Å². The van der Waals surface area contributed by atoms with Crippen molar-refractivity contribution in [2.75, 3.05) is 5.32 Å². The van der Waals surface area contributed by atoms with Crippen molar-refractivity contribution >= 4 is 17.6 Å². The summed E-state index contributed by atoms with van der Waals surface area (Å²) < 4.78 is 5.69. The predicted molar refractivity (Wildman–Crippen MR) is 104 cm³/mol. The fourth-order valence-corrected chi connectivity index (χ4v) is 2.59. The zero-order valence-corrected chi connectivity index (χ0v) is 14.8. The number of carbonyl (C=O) groups is 2. The van der Waals surface area contributed by atoms with Crippen LogP contribution >= 0.6 is 0 Å². The minimum atomic E-state index is -1.05. The predicted octanol–water partition coefficient (Wildman–Crippen LogP) is 4.46. The lowest BCUT2D eigenvalue weighted by atomic mass is 10.1. The summed E-state index contributed by atoms with van der Waals surface area (Å²) in [7, 11) is 0. The van der Waals surface area contributed by atoms with Gasteiger partial charge < -0.3 is 15.2 Å². The number of hydrogen-bond donors (Lipinski definition) is 2. The van der Waals surface area contributed by atoms with Gasteiger partial charge in [0.05, 0.1) is 5.56 Å². The van der Waals surface area contributed by atoms with Crippen LogP contribution in [0.4, 0.5) is 5.69 Å². The van der Waals surface area contributed by atoms with Gasteiger partial charge in [-0.25, -0.2) is 4.79 Å². The molecule has 0 heterocycles. The molecule has 5 nitrogen and oxygen atoms in total. The van der Waals surface area contributed by atoms with Gasteiger partial charge in [-0.2, -0.15) is 0 Å². The van der Waals surface area contributed by atoms with E-state index < -0.39 is 12.1 Å². The Labute approximate surface area is 157 Å². The molecule has 1 unspecified atom stereocenters. The molecule has 5 heteroatoms. The fourth-order valence-electron chi connectivity index (χ4n) is 2.59.